The van der Waals surface area contributed by atoms with Gasteiger partial charge in [0.2, 0.25) is 5.95 Å². The number of nitrogen functional groups attached to an aromatic ring is 1. The lowest BCUT2D eigenvalue weighted by Gasteiger charge is -2.35. The second-order valence-corrected chi connectivity index (χ2v) is 9.16. The first-order valence-electron chi connectivity index (χ1n) is 11.3. The van der Waals surface area contributed by atoms with E-state index in [1.54, 1.807) is 18.5 Å². The number of nitrogens with two attached hydrogens (primary N) is 1. The quantitative estimate of drug-likeness (QED) is 0.574. The van der Waals surface area contributed by atoms with Crippen LogP contribution < -0.4 is 16.0 Å². The van der Waals surface area contributed by atoms with Crippen LogP contribution in [0.25, 0.3) is 0 Å². The van der Waals surface area contributed by atoms with Gasteiger partial charge in [-0.05, 0) is 47.2 Å². The average molecular weight is 456 g/mol. The summed E-state index contributed by atoms with van der Waals surface area (Å²) in [5, 5.41) is 3.04. The van der Waals surface area contributed by atoms with E-state index in [1.165, 1.54) is 5.56 Å². The summed E-state index contributed by atoms with van der Waals surface area (Å²) >= 11 is 0. The molecule has 34 heavy (non-hydrogen) atoms. The van der Waals surface area contributed by atoms with Gasteiger partial charge in [-0.15, -0.1) is 0 Å². The Morgan fingerprint density at radius 2 is 1.79 bits per heavy atom. The number of nitrogens with one attached hydrogen (secondary N) is 1. The largest absolute Gasteiger partial charge is 0.368 e. The number of carbonyl (C=O) groups is 1. The highest BCUT2D eigenvalue weighted by atomic mass is 16.2. The number of hydrogen-bond acceptors (Lipinski definition) is 6. The number of pyridine rings is 1. The van der Waals surface area contributed by atoms with E-state index in [-0.39, 0.29) is 17.4 Å². The standard InChI is InChI=1S/C26H29N7O/c1-26(2,3)20-7-4-8-22(18-20)31-25(34)33-16-14-32(15-17-33)23-19(6-5-12-28-23)9-10-21-11-13-29-24(27)30-21/h4-8,11-13,18H,14-17H2,1-3H3,(H,31,34)(H2,27,29,30). The maximum Gasteiger partial charge on any atom is 0.321 e. The Morgan fingerprint density at radius 1 is 1.00 bits per heavy atom. The van der Waals surface area contributed by atoms with Crippen molar-refractivity contribution in [3.8, 4) is 11.8 Å². The fourth-order valence-corrected chi connectivity index (χ4v) is 3.71. The van der Waals surface area contributed by atoms with Crippen LogP contribution in [0.4, 0.5) is 22.2 Å². The molecule has 4 rings (SSSR count). The van der Waals surface area contributed by atoms with Gasteiger partial charge in [-0.2, -0.15) is 0 Å². The number of nitrogens with zero attached hydrogens (tertiary/aromatic N) is 5. The van der Waals surface area contributed by atoms with Crippen LogP contribution >= 0.6 is 0 Å². The molecule has 174 valence electrons. The van der Waals surface area contributed by atoms with Crippen LogP contribution in [0.1, 0.15) is 37.6 Å². The zero-order chi connectivity index (χ0) is 24.1. The Balaban J connectivity index is 1.40. The van der Waals surface area contributed by atoms with Gasteiger partial charge in [-0.3, -0.25) is 0 Å². The molecule has 0 aliphatic carbocycles. The van der Waals surface area contributed by atoms with E-state index in [2.05, 4.69) is 63.8 Å². The molecule has 8 nitrogen and oxygen atoms in total. The molecule has 0 atom stereocenters. The molecule has 1 saturated heterocycles. The summed E-state index contributed by atoms with van der Waals surface area (Å²) < 4.78 is 0. The van der Waals surface area contributed by atoms with E-state index < -0.39 is 0 Å². The zero-order valence-corrected chi connectivity index (χ0v) is 19.7. The van der Waals surface area contributed by atoms with E-state index in [0.29, 0.717) is 31.9 Å². The average Bonchev–Trinajstić information content (AvgIpc) is 2.83. The SMILES string of the molecule is CC(C)(C)c1cccc(NC(=O)N2CCN(c3ncccc3C#Cc3ccnc(N)n3)CC2)c1. The van der Waals surface area contributed by atoms with Crippen LogP contribution in [-0.4, -0.2) is 52.1 Å². The summed E-state index contributed by atoms with van der Waals surface area (Å²) in [5.74, 6) is 7.17. The molecular formula is C26H29N7O. The minimum atomic E-state index is -0.0897. The van der Waals surface area contributed by atoms with Crippen molar-refractivity contribution >= 4 is 23.5 Å². The summed E-state index contributed by atoms with van der Waals surface area (Å²) in [6.45, 7) is 9.00. The smallest absolute Gasteiger partial charge is 0.321 e. The van der Waals surface area contributed by atoms with Crippen molar-refractivity contribution in [3.05, 3.63) is 71.7 Å². The maximum atomic E-state index is 12.9. The summed E-state index contributed by atoms with van der Waals surface area (Å²) in [7, 11) is 0. The van der Waals surface area contributed by atoms with Gasteiger partial charge >= 0.3 is 6.03 Å². The molecule has 3 heterocycles. The van der Waals surface area contributed by atoms with Gasteiger partial charge < -0.3 is 20.9 Å². The molecule has 3 aromatic rings. The molecule has 0 radical (unpaired) electrons. The Labute approximate surface area is 200 Å². The third-order valence-electron chi connectivity index (χ3n) is 5.63. The van der Waals surface area contributed by atoms with E-state index in [9.17, 15) is 4.79 Å². The summed E-state index contributed by atoms with van der Waals surface area (Å²) in [6.07, 6.45) is 3.34. The van der Waals surface area contributed by atoms with E-state index >= 15 is 0 Å². The predicted molar refractivity (Wildman–Crippen MR) is 135 cm³/mol. The molecule has 3 N–H and O–H groups in total. The lowest BCUT2D eigenvalue weighted by molar-refractivity contribution is 0.208. The Morgan fingerprint density at radius 3 is 2.53 bits per heavy atom. The zero-order valence-electron chi connectivity index (χ0n) is 19.7. The molecule has 0 saturated carbocycles. The summed E-state index contributed by atoms with van der Waals surface area (Å²) in [4.78, 5) is 29.4. The highest BCUT2D eigenvalue weighted by molar-refractivity contribution is 5.89. The number of amides is 2. The number of urea groups is 1. The Bertz CT molecular complexity index is 1230. The van der Waals surface area contributed by atoms with Crippen LogP contribution in [0.15, 0.2) is 54.9 Å². The fourth-order valence-electron chi connectivity index (χ4n) is 3.71. The van der Waals surface area contributed by atoms with Gasteiger partial charge in [-0.25, -0.2) is 19.7 Å². The van der Waals surface area contributed by atoms with Crippen molar-refractivity contribution in [1.82, 2.24) is 19.9 Å². The van der Waals surface area contributed by atoms with Gasteiger partial charge in [0.15, 0.2) is 0 Å². The molecule has 1 aliphatic heterocycles. The number of hydrogen-bond donors (Lipinski definition) is 2. The Kier molecular flexibility index (Phi) is 6.64. The molecule has 8 heteroatoms. The topological polar surface area (TPSA) is 100 Å². The number of anilines is 3. The van der Waals surface area contributed by atoms with E-state index in [4.69, 9.17) is 5.73 Å². The molecule has 0 unspecified atom stereocenters. The molecule has 1 aromatic carbocycles. The Hall–Kier alpha value is -4.12. The molecule has 0 bridgehead atoms. The number of carbonyl (C=O) groups excluding carboxylic acids is 1. The maximum absolute atomic E-state index is 12.9. The summed E-state index contributed by atoms with van der Waals surface area (Å²) in [6, 6.07) is 13.4. The molecule has 1 aliphatic rings. The summed E-state index contributed by atoms with van der Waals surface area (Å²) in [5.41, 5.74) is 9.02. The van der Waals surface area contributed by atoms with Gasteiger partial charge in [0.05, 0.1) is 5.56 Å². The van der Waals surface area contributed by atoms with Crippen LogP contribution in [0.2, 0.25) is 0 Å². The van der Waals surface area contributed by atoms with Crippen molar-refractivity contribution < 1.29 is 4.79 Å². The minimum Gasteiger partial charge on any atom is -0.368 e. The first-order chi connectivity index (χ1) is 16.3. The molecule has 2 amide bonds. The van der Waals surface area contributed by atoms with E-state index in [1.807, 2.05) is 35.2 Å². The van der Waals surface area contributed by atoms with Crippen molar-refractivity contribution in [1.29, 1.82) is 0 Å². The highest BCUT2D eigenvalue weighted by Gasteiger charge is 2.23. The number of piperazine rings is 1. The normalized spacial score (nSPS) is 13.7. The minimum absolute atomic E-state index is 0.0235. The third kappa shape index (κ3) is 5.62. The monoisotopic (exact) mass is 455 g/mol. The fraction of sp³-hybridized carbons (Fsp3) is 0.308. The van der Waals surface area contributed by atoms with Crippen LogP contribution in [0.5, 0.6) is 0 Å². The first kappa shape index (κ1) is 23.1. The molecule has 2 aromatic heterocycles. The highest BCUT2D eigenvalue weighted by Crippen LogP contribution is 2.25. The van der Waals surface area contributed by atoms with Crippen LogP contribution in [0.3, 0.4) is 0 Å². The number of aromatic nitrogens is 3. The first-order valence-corrected chi connectivity index (χ1v) is 11.3. The van der Waals surface area contributed by atoms with Gasteiger partial charge in [0, 0.05) is 44.3 Å². The van der Waals surface area contributed by atoms with E-state index in [0.717, 1.165) is 17.1 Å². The lowest BCUT2D eigenvalue weighted by Crippen LogP contribution is -2.50. The number of benzene rings is 1. The second kappa shape index (κ2) is 9.79. The van der Waals surface area contributed by atoms with Gasteiger partial charge in [-0.1, -0.05) is 38.8 Å². The predicted octanol–water partition coefficient (Wildman–Crippen LogP) is 3.51. The van der Waals surface area contributed by atoms with Crippen molar-refractivity contribution in [3.63, 3.8) is 0 Å². The molecule has 0 spiro atoms. The molecular weight excluding hydrogens is 426 g/mol. The van der Waals surface area contributed by atoms with Crippen LogP contribution in [-0.2, 0) is 5.41 Å². The molecule has 1 fully saturated rings. The third-order valence-corrected chi connectivity index (χ3v) is 5.63. The van der Waals surface area contributed by atoms with Crippen molar-refractivity contribution in [2.45, 2.75) is 26.2 Å². The number of rotatable bonds is 2. The van der Waals surface area contributed by atoms with Crippen molar-refractivity contribution in [2.24, 2.45) is 0 Å². The lowest BCUT2D eigenvalue weighted by atomic mass is 9.87. The second-order valence-electron chi connectivity index (χ2n) is 9.16. The van der Waals surface area contributed by atoms with Gasteiger partial charge in [0.25, 0.3) is 0 Å². The van der Waals surface area contributed by atoms with Crippen LogP contribution in [0, 0.1) is 11.8 Å². The van der Waals surface area contributed by atoms with Gasteiger partial charge in [0.1, 0.15) is 11.5 Å². The van der Waals surface area contributed by atoms with Crippen molar-refractivity contribution in [2.75, 3.05) is 42.1 Å².